The van der Waals surface area contributed by atoms with Gasteiger partial charge in [-0.15, -0.1) is 0 Å². The van der Waals surface area contributed by atoms with E-state index in [0.717, 1.165) is 17.0 Å². The number of rotatable bonds is 7. The molecule has 19 heavy (non-hydrogen) atoms. The number of hydrogen-bond acceptors (Lipinski definition) is 3. The van der Waals surface area contributed by atoms with E-state index in [1.807, 2.05) is 18.4 Å². The number of carbonyl (C=O) groups is 2. The topological polar surface area (TPSA) is 66.4 Å². The van der Waals surface area contributed by atoms with E-state index in [2.05, 4.69) is 5.32 Å². The Morgan fingerprint density at radius 3 is 2.47 bits per heavy atom. The summed E-state index contributed by atoms with van der Waals surface area (Å²) in [5.74, 6) is -0.391. The van der Waals surface area contributed by atoms with E-state index in [4.69, 9.17) is 5.11 Å². The molecule has 0 spiro atoms. The zero-order chi connectivity index (χ0) is 14.3. The first-order valence-electron chi connectivity index (χ1n) is 6.13. The second-order valence-electron chi connectivity index (χ2n) is 4.43. The molecule has 1 aromatic carbocycles. The summed E-state index contributed by atoms with van der Waals surface area (Å²) in [6.45, 7) is 1.68. The molecular weight excluding hydrogens is 262 g/mol. The van der Waals surface area contributed by atoms with Crippen molar-refractivity contribution in [2.45, 2.75) is 19.8 Å². The third-order valence-electron chi connectivity index (χ3n) is 2.73. The van der Waals surface area contributed by atoms with Crippen LogP contribution in [0, 0.1) is 5.92 Å². The van der Waals surface area contributed by atoms with E-state index < -0.39 is 11.9 Å². The molecule has 2 N–H and O–H groups in total. The summed E-state index contributed by atoms with van der Waals surface area (Å²) in [5.41, 5.74) is 1.70. The Bertz CT molecular complexity index is 431. The van der Waals surface area contributed by atoms with E-state index >= 15 is 0 Å². The molecule has 0 aliphatic carbocycles. The summed E-state index contributed by atoms with van der Waals surface area (Å²) in [6, 6.07) is 7.31. The van der Waals surface area contributed by atoms with E-state index in [9.17, 15) is 9.59 Å². The molecule has 0 aliphatic heterocycles. The first-order valence-corrected chi connectivity index (χ1v) is 7.53. The van der Waals surface area contributed by atoms with Crippen LogP contribution in [0.4, 0.5) is 5.69 Å². The van der Waals surface area contributed by atoms with Gasteiger partial charge in [-0.3, -0.25) is 9.59 Å². The fraction of sp³-hybridized carbons (Fsp3) is 0.429. The fourth-order valence-electron chi connectivity index (χ4n) is 1.58. The number of carbonyl (C=O) groups excluding carboxylic acids is 1. The molecule has 0 bridgehead atoms. The first kappa shape index (κ1) is 15.6. The Balaban J connectivity index is 2.52. The monoisotopic (exact) mass is 281 g/mol. The van der Waals surface area contributed by atoms with Gasteiger partial charge in [0.2, 0.25) is 5.91 Å². The number of hydrogen-bond donors (Lipinski definition) is 2. The zero-order valence-corrected chi connectivity index (χ0v) is 12.0. The van der Waals surface area contributed by atoms with Crippen molar-refractivity contribution in [2.24, 2.45) is 5.92 Å². The number of carboxylic acids is 1. The highest BCUT2D eigenvalue weighted by Gasteiger charge is 2.11. The molecular formula is C14H19NO3S. The van der Waals surface area contributed by atoms with E-state index in [1.165, 1.54) is 0 Å². The average molecular weight is 281 g/mol. The number of thioether (sulfide) groups is 1. The molecule has 5 heteroatoms. The van der Waals surface area contributed by atoms with Gasteiger partial charge >= 0.3 is 5.97 Å². The van der Waals surface area contributed by atoms with E-state index in [1.54, 1.807) is 30.8 Å². The Morgan fingerprint density at radius 1 is 1.32 bits per heavy atom. The lowest BCUT2D eigenvalue weighted by Gasteiger charge is -2.08. The maximum atomic E-state index is 11.5. The lowest BCUT2D eigenvalue weighted by atomic mass is 10.0. The third kappa shape index (κ3) is 5.79. The van der Waals surface area contributed by atoms with E-state index in [0.29, 0.717) is 12.8 Å². The van der Waals surface area contributed by atoms with Crippen LogP contribution in [0.5, 0.6) is 0 Å². The molecule has 0 aliphatic rings. The minimum Gasteiger partial charge on any atom is -0.481 e. The number of benzene rings is 1. The molecule has 0 fully saturated rings. The number of amides is 1. The van der Waals surface area contributed by atoms with Crippen molar-refractivity contribution in [3.8, 4) is 0 Å². The molecule has 1 unspecified atom stereocenters. The summed E-state index contributed by atoms with van der Waals surface area (Å²) in [4.78, 5) is 22.3. The molecule has 1 atom stereocenters. The van der Waals surface area contributed by atoms with Crippen LogP contribution in [-0.4, -0.2) is 29.0 Å². The van der Waals surface area contributed by atoms with Gasteiger partial charge in [-0.05, 0) is 30.4 Å². The molecule has 0 aromatic heterocycles. The third-order valence-corrected chi connectivity index (χ3v) is 3.35. The zero-order valence-electron chi connectivity index (χ0n) is 11.2. The Hall–Kier alpha value is -1.49. The number of anilines is 1. The smallest absolute Gasteiger partial charge is 0.306 e. The van der Waals surface area contributed by atoms with Crippen molar-refractivity contribution >= 4 is 29.3 Å². The predicted octanol–water partition coefficient (Wildman–Crippen LogP) is 2.64. The van der Waals surface area contributed by atoms with Crippen molar-refractivity contribution in [1.29, 1.82) is 0 Å². The number of aliphatic carboxylic acids is 1. The van der Waals surface area contributed by atoms with Gasteiger partial charge in [0.05, 0.1) is 5.92 Å². The number of nitrogens with one attached hydrogen (secondary N) is 1. The molecule has 1 aromatic rings. The van der Waals surface area contributed by atoms with Crippen LogP contribution >= 0.6 is 11.8 Å². The van der Waals surface area contributed by atoms with Crippen molar-refractivity contribution < 1.29 is 14.7 Å². The minimum atomic E-state index is -0.797. The summed E-state index contributed by atoms with van der Waals surface area (Å²) in [6.07, 6.45) is 2.96. The van der Waals surface area contributed by atoms with Crippen LogP contribution < -0.4 is 5.32 Å². The first-order chi connectivity index (χ1) is 9.02. The summed E-state index contributed by atoms with van der Waals surface area (Å²) >= 11 is 1.64. The SMILES string of the molecule is CSCCC(=O)Nc1ccc(CC(C)C(=O)O)cc1. The van der Waals surface area contributed by atoms with Crippen molar-refractivity contribution in [2.75, 3.05) is 17.3 Å². The lowest BCUT2D eigenvalue weighted by Crippen LogP contribution is -2.13. The standard InChI is InChI=1S/C14H19NO3S/c1-10(14(17)18)9-11-3-5-12(6-4-11)15-13(16)7-8-19-2/h3-6,10H,7-9H2,1-2H3,(H,15,16)(H,17,18). The largest absolute Gasteiger partial charge is 0.481 e. The second-order valence-corrected chi connectivity index (χ2v) is 5.42. The van der Waals surface area contributed by atoms with Gasteiger partial charge in [0.25, 0.3) is 0 Å². The van der Waals surface area contributed by atoms with Crippen LogP contribution in [0.15, 0.2) is 24.3 Å². The average Bonchev–Trinajstić information content (AvgIpc) is 2.38. The molecule has 0 saturated carbocycles. The minimum absolute atomic E-state index is 0.000930. The maximum Gasteiger partial charge on any atom is 0.306 e. The van der Waals surface area contributed by atoms with Gasteiger partial charge < -0.3 is 10.4 Å². The lowest BCUT2D eigenvalue weighted by molar-refractivity contribution is -0.141. The molecule has 0 heterocycles. The molecule has 104 valence electrons. The Labute approximate surface area is 117 Å². The van der Waals surface area contributed by atoms with Crippen LogP contribution in [0.1, 0.15) is 18.9 Å². The van der Waals surface area contributed by atoms with Gasteiger partial charge in [0.1, 0.15) is 0 Å². The highest BCUT2D eigenvalue weighted by Crippen LogP contribution is 2.14. The van der Waals surface area contributed by atoms with Gasteiger partial charge in [0, 0.05) is 17.9 Å². The van der Waals surface area contributed by atoms with Crippen LogP contribution in [0.2, 0.25) is 0 Å². The second kappa shape index (κ2) is 7.84. The maximum absolute atomic E-state index is 11.5. The normalized spacial score (nSPS) is 11.9. The van der Waals surface area contributed by atoms with Crippen molar-refractivity contribution in [1.82, 2.24) is 0 Å². The van der Waals surface area contributed by atoms with E-state index in [-0.39, 0.29) is 5.91 Å². The van der Waals surface area contributed by atoms with Gasteiger partial charge in [0.15, 0.2) is 0 Å². The predicted molar refractivity (Wildman–Crippen MR) is 78.6 cm³/mol. The Kier molecular flexibility index (Phi) is 6.42. The fourth-order valence-corrected chi connectivity index (χ4v) is 1.97. The van der Waals surface area contributed by atoms with Crippen LogP contribution in [0.3, 0.4) is 0 Å². The highest BCUT2D eigenvalue weighted by atomic mass is 32.2. The van der Waals surface area contributed by atoms with Gasteiger partial charge in [-0.2, -0.15) is 11.8 Å². The van der Waals surface area contributed by atoms with Crippen molar-refractivity contribution in [3.05, 3.63) is 29.8 Å². The van der Waals surface area contributed by atoms with Gasteiger partial charge in [-0.1, -0.05) is 19.1 Å². The quantitative estimate of drug-likeness (QED) is 0.806. The van der Waals surface area contributed by atoms with Crippen molar-refractivity contribution in [3.63, 3.8) is 0 Å². The number of carboxylic acid groups (broad SMARTS) is 1. The molecule has 0 radical (unpaired) electrons. The molecule has 0 saturated heterocycles. The highest BCUT2D eigenvalue weighted by molar-refractivity contribution is 7.98. The molecule has 4 nitrogen and oxygen atoms in total. The Morgan fingerprint density at radius 2 is 1.95 bits per heavy atom. The summed E-state index contributed by atoms with van der Waals surface area (Å²) in [5, 5.41) is 11.7. The van der Waals surface area contributed by atoms with Crippen LogP contribution in [-0.2, 0) is 16.0 Å². The molecule has 1 amide bonds. The van der Waals surface area contributed by atoms with Crippen LogP contribution in [0.25, 0.3) is 0 Å². The summed E-state index contributed by atoms with van der Waals surface area (Å²) < 4.78 is 0. The van der Waals surface area contributed by atoms with Gasteiger partial charge in [-0.25, -0.2) is 0 Å². The molecule has 1 rings (SSSR count). The summed E-state index contributed by atoms with van der Waals surface area (Å²) in [7, 11) is 0.